The number of amides is 3. The molecule has 13 heteroatoms. The summed E-state index contributed by atoms with van der Waals surface area (Å²) in [6.07, 6.45) is 1.33. The molecular formula is C25H21Cl2IN4O6. The predicted molar refractivity (Wildman–Crippen MR) is 154 cm³/mol. The van der Waals surface area contributed by atoms with Gasteiger partial charge in [-0.1, -0.05) is 41.4 Å². The first kappa shape index (κ1) is 29.0. The zero-order chi connectivity index (χ0) is 27.7. The van der Waals surface area contributed by atoms with Crippen molar-refractivity contribution in [2.75, 3.05) is 31.5 Å². The number of halogens is 3. The topological polar surface area (TPSA) is 127 Å². The Kier molecular flexibility index (Phi) is 10.6. The molecule has 0 fully saturated rings. The van der Waals surface area contributed by atoms with Gasteiger partial charge in [-0.05, 0) is 64.6 Å². The zero-order valence-corrected chi connectivity index (χ0v) is 23.7. The number of methoxy groups -OCH3 is 2. The molecule has 10 nitrogen and oxygen atoms in total. The number of nitrogens with one attached hydrogen (secondary N) is 3. The Bertz CT molecular complexity index is 1390. The number of carbonyl (C=O) groups excluding carboxylic acids is 3. The van der Waals surface area contributed by atoms with E-state index in [9.17, 15) is 14.4 Å². The van der Waals surface area contributed by atoms with Gasteiger partial charge < -0.3 is 24.8 Å². The Morgan fingerprint density at radius 2 is 1.63 bits per heavy atom. The summed E-state index contributed by atoms with van der Waals surface area (Å²) in [6.45, 7) is -0.319. The molecule has 38 heavy (non-hydrogen) atoms. The number of hydrogen-bond donors (Lipinski definition) is 3. The average Bonchev–Trinajstić information content (AvgIpc) is 2.90. The molecule has 3 aromatic carbocycles. The quantitative estimate of drug-likeness (QED) is 0.131. The van der Waals surface area contributed by atoms with Crippen molar-refractivity contribution >= 4 is 81.1 Å². The second-order valence-corrected chi connectivity index (χ2v) is 9.27. The van der Waals surface area contributed by atoms with Crippen LogP contribution in [-0.4, -0.2) is 44.8 Å². The molecule has 0 spiro atoms. The summed E-state index contributed by atoms with van der Waals surface area (Å²) in [5.74, 6) is -1.27. The van der Waals surface area contributed by atoms with E-state index in [0.717, 1.165) is 0 Å². The molecule has 0 aliphatic carbocycles. The van der Waals surface area contributed by atoms with Crippen LogP contribution in [0.3, 0.4) is 0 Å². The van der Waals surface area contributed by atoms with Crippen molar-refractivity contribution in [1.82, 2.24) is 5.43 Å². The van der Waals surface area contributed by atoms with Crippen LogP contribution in [-0.2, 0) is 14.4 Å². The van der Waals surface area contributed by atoms with E-state index in [2.05, 4.69) is 21.2 Å². The monoisotopic (exact) mass is 670 g/mol. The summed E-state index contributed by atoms with van der Waals surface area (Å²) in [6, 6.07) is 14.8. The second-order valence-electron chi connectivity index (χ2n) is 7.33. The highest BCUT2D eigenvalue weighted by Gasteiger charge is 2.16. The number of nitrogens with zero attached hydrogens (tertiary/aromatic N) is 1. The van der Waals surface area contributed by atoms with Gasteiger partial charge in [0, 0.05) is 0 Å². The third-order valence-corrected chi connectivity index (χ3v) is 6.39. The SMILES string of the molecule is COc1ccccc1NC(=O)C(=O)NN=Cc1cc(I)c(OCC(=O)Nc2cccc(Cl)c2Cl)c(OC)c1. The molecule has 0 aliphatic heterocycles. The summed E-state index contributed by atoms with van der Waals surface area (Å²) in [5.41, 5.74) is 3.41. The maximum Gasteiger partial charge on any atom is 0.329 e. The zero-order valence-electron chi connectivity index (χ0n) is 20.0. The van der Waals surface area contributed by atoms with Crippen molar-refractivity contribution in [1.29, 1.82) is 0 Å². The molecular weight excluding hydrogens is 650 g/mol. The number of hydrogen-bond acceptors (Lipinski definition) is 7. The Hall–Kier alpha value is -3.55. The molecule has 3 rings (SSSR count). The fourth-order valence-electron chi connectivity index (χ4n) is 3.02. The minimum atomic E-state index is -0.973. The third kappa shape index (κ3) is 7.73. The summed E-state index contributed by atoms with van der Waals surface area (Å²) in [7, 11) is 2.89. The molecule has 3 aromatic rings. The number of hydrazone groups is 1. The van der Waals surface area contributed by atoms with E-state index in [1.807, 2.05) is 22.6 Å². The van der Waals surface area contributed by atoms with Gasteiger partial charge in [-0.2, -0.15) is 5.10 Å². The van der Waals surface area contributed by atoms with Gasteiger partial charge in [0.25, 0.3) is 5.91 Å². The molecule has 0 saturated heterocycles. The Morgan fingerprint density at radius 1 is 0.921 bits per heavy atom. The smallest absolute Gasteiger partial charge is 0.329 e. The molecule has 198 valence electrons. The highest BCUT2D eigenvalue weighted by Crippen LogP contribution is 2.34. The Balaban J connectivity index is 1.60. The number of anilines is 2. The Labute approximate surface area is 241 Å². The van der Waals surface area contributed by atoms with Crippen molar-refractivity contribution in [2.45, 2.75) is 0 Å². The van der Waals surface area contributed by atoms with E-state index in [-0.39, 0.29) is 11.6 Å². The van der Waals surface area contributed by atoms with Crippen molar-refractivity contribution in [3.8, 4) is 17.2 Å². The molecule has 3 N–H and O–H groups in total. The molecule has 0 unspecified atom stereocenters. The molecule has 0 radical (unpaired) electrons. The minimum Gasteiger partial charge on any atom is -0.495 e. The van der Waals surface area contributed by atoms with Gasteiger partial charge in [-0.15, -0.1) is 0 Å². The van der Waals surface area contributed by atoms with E-state index in [1.54, 1.807) is 54.6 Å². The largest absolute Gasteiger partial charge is 0.495 e. The molecule has 0 heterocycles. The number of para-hydroxylation sites is 2. The van der Waals surface area contributed by atoms with Gasteiger partial charge in [0.05, 0.1) is 45.4 Å². The first-order chi connectivity index (χ1) is 18.2. The van der Waals surface area contributed by atoms with Crippen LogP contribution in [0.5, 0.6) is 17.2 Å². The first-order valence-electron chi connectivity index (χ1n) is 10.7. The van der Waals surface area contributed by atoms with Gasteiger partial charge in [-0.3, -0.25) is 14.4 Å². The summed E-state index contributed by atoms with van der Waals surface area (Å²) in [5, 5.41) is 9.45. The van der Waals surface area contributed by atoms with Crippen molar-refractivity contribution < 1.29 is 28.6 Å². The van der Waals surface area contributed by atoms with E-state index in [4.69, 9.17) is 37.4 Å². The van der Waals surface area contributed by atoms with Gasteiger partial charge >= 0.3 is 11.8 Å². The lowest BCUT2D eigenvalue weighted by Gasteiger charge is -2.14. The normalized spacial score (nSPS) is 10.6. The highest BCUT2D eigenvalue weighted by atomic mass is 127. The molecule has 0 bridgehead atoms. The van der Waals surface area contributed by atoms with Crippen molar-refractivity contribution in [2.24, 2.45) is 5.10 Å². The number of rotatable bonds is 9. The molecule has 0 atom stereocenters. The number of benzene rings is 3. The third-order valence-electron chi connectivity index (χ3n) is 4.77. The second kappa shape index (κ2) is 13.8. The minimum absolute atomic E-state index is 0.225. The molecule has 0 saturated carbocycles. The van der Waals surface area contributed by atoms with Crippen molar-refractivity contribution in [3.05, 3.63) is 73.8 Å². The lowest BCUT2D eigenvalue weighted by Crippen LogP contribution is -2.32. The van der Waals surface area contributed by atoms with Crippen LogP contribution < -0.4 is 30.3 Å². The van der Waals surface area contributed by atoms with Gasteiger partial charge in [0.1, 0.15) is 5.75 Å². The maximum atomic E-state index is 12.4. The van der Waals surface area contributed by atoms with Crippen LogP contribution in [0.1, 0.15) is 5.56 Å². The van der Waals surface area contributed by atoms with E-state index < -0.39 is 17.7 Å². The lowest BCUT2D eigenvalue weighted by molar-refractivity contribution is -0.136. The van der Waals surface area contributed by atoms with Crippen molar-refractivity contribution in [3.63, 3.8) is 0 Å². The van der Waals surface area contributed by atoms with E-state index in [1.165, 1.54) is 20.4 Å². The van der Waals surface area contributed by atoms with Crippen LogP contribution in [0.15, 0.2) is 59.7 Å². The fraction of sp³-hybridized carbons (Fsp3) is 0.120. The fourth-order valence-corrected chi connectivity index (χ4v) is 4.15. The average molecular weight is 671 g/mol. The maximum absolute atomic E-state index is 12.4. The number of ether oxygens (including phenoxy) is 3. The van der Waals surface area contributed by atoms with Gasteiger partial charge in [-0.25, -0.2) is 5.43 Å². The molecule has 3 amide bonds. The first-order valence-corrected chi connectivity index (χ1v) is 12.6. The van der Waals surface area contributed by atoms with Gasteiger partial charge in [0.2, 0.25) is 0 Å². The van der Waals surface area contributed by atoms with Crippen LogP contribution in [0, 0.1) is 3.57 Å². The van der Waals surface area contributed by atoms with Crippen LogP contribution in [0.2, 0.25) is 10.0 Å². The predicted octanol–water partition coefficient (Wildman–Crippen LogP) is 4.72. The Morgan fingerprint density at radius 3 is 2.37 bits per heavy atom. The highest BCUT2D eigenvalue weighted by molar-refractivity contribution is 14.1. The van der Waals surface area contributed by atoms with Crippen LogP contribution >= 0.6 is 45.8 Å². The van der Waals surface area contributed by atoms with E-state index >= 15 is 0 Å². The lowest BCUT2D eigenvalue weighted by atomic mass is 10.2. The summed E-state index contributed by atoms with van der Waals surface area (Å²) < 4.78 is 16.8. The molecule has 0 aliphatic rings. The van der Waals surface area contributed by atoms with E-state index in [0.29, 0.717) is 42.8 Å². The van der Waals surface area contributed by atoms with Crippen LogP contribution in [0.4, 0.5) is 11.4 Å². The van der Waals surface area contributed by atoms with Crippen LogP contribution in [0.25, 0.3) is 0 Å². The molecule has 0 aromatic heterocycles. The standard InChI is InChI=1S/C25H21Cl2IN4O6/c1-36-19-9-4-3-7-17(19)31-24(34)25(35)32-29-12-14-10-16(28)23(20(11-14)37-2)38-13-21(33)30-18-8-5-6-15(26)22(18)27/h3-12H,13H2,1-2H3,(H,30,33)(H,31,34)(H,32,35). The van der Waals surface area contributed by atoms with Gasteiger partial charge in [0.15, 0.2) is 18.1 Å². The summed E-state index contributed by atoms with van der Waals surface area (Å²) in [4.78, 5) is 36.6. The summed E-state index contributed by atoms with van der Waals surface area (Å²) >= 11 is 14.1. The number of carbonyl (C=O) groups is 3.